The molecule has 0 spiro atoms. The van der Waals surface area contributed by atoms with E-state index in [1.807, 2.05) is 24.3 Å². The van der Waals surface area contributed by atoms with Gasteiger partial charge in [0, 0.05) is 11.6 Å². The number of hydrogen-bond donors (Lipinski definition) is 0. The van der Waals surface area contributed by atoms with Crippen LogP contribution in [0, 0.1) is 5.92 Å². The van der Waals surface area contributed by atoms with E-state index in [9.17, 15) is 4.79 Å². The second kappa shape index (κ2) is 7.47. The van der Waals surface area contributed by atoms with Gasteiger partial charge in [0.05, 0.1) is 18.6 Å². The first kappa shape index (κ1) is 17.7. The first-order valence-electron chi connectivity index (χ1n) is 9.51. The molecule has 140 valence electrons. The number of methoxy groups -OCH3 is 1. The zero-order valence-corrected chi connectivity index (χ0v) is 15.7. The van der Waals surface area contributed by atoms with Gasteiger partial charge in [-0.05, 0) is 74.1 Å². The van der Waals surface area contributed by atoms with Crippen LogP contribution in [-0.4, -0.2) is 13.2 Å². The van der Waals surface area contributed by atoms with Crippen LogP contribution in [-0.2, 0) is 0 Å². The average Bonchev–Trinajstić information content (AvgIpc) is 2.70. The van der Waals surface area contributed by atoms with Crippen molar-refractivity contribution in [3.63, 3.8) is 0 Å². The molecule has 3 aromatic rings. The van der Waals surface area contributed by atoms with Crippen molar-refractivity contribution in [1.29, 1.82) is 0 Å². The molecule has 1 aliphatic rings. The van der Waals surface area contributed by atoms with Crippen LogP contribution in [0.2, 0.25) is 0 Å². The van der Waals surface area contributed by atoms with Crippen LogP contribution in [0.4, 0.5) is 0 Å². The van der Waals surface area contributed by atoms with Crippen molar-refractivity contribution in [2.75, 3.05) is 7.11 Å². The van der Waals surface area contributed by atoms with Crippen molar-refractivity contribution < 1.29 is 13.9 Å². The summed E-state index contributed by atoms with van der Waals surface area (Å²) in [6.45, 7) is 2.30. The van der Waals surface area contributed by atoms with E-state index in [1.165, 1.54) is 18.9 Å². The SMILES string of the molecule is COc1ccc2oc(-c3ccc(OC4CCC(C)CC4)cc3)cc(=O)c2c1. The van der Waals surface area contributed by atoms with E-state index in [0.717, 1.165) is 30.1 Å². The third kappa shape index (κ3) is 3.85. The maximum atomic E-state index is 12.5. The van der Waals surface area contributed by atoms with E-state index in [1.54, 1.807) is 25.3 Å². The van der Waals surface area contributed by atoms with Gasteiger partial charge in [0.25, 0.3) is 0 Å². The van der Waals surface area contributed by atoms with Gasteiger partial charge in [-0.1, -0.05) is 6.92 Å². The molecule has 1 aromatic heterocycles. The first-order valence-corrected chi connectivity index (χ1v) is 9.51. The fourth-order valence-electron chi connectivity index (χ4n) is 3.64. The van der Waals surface area contributed by atoms with Gasteiger partial charge in [0.15, 0.2) is 5.43 Å². The highest BCUT2D eigenvalue weighted by Crippen LogP contribution is 2.29. The molecule has 0 aliphatic heterocycles. The highest BCUT2D eigenvalue weighted by Gasteiger charge is 2.19. The van der Waals surface area contributed by atoms with E-state index in [2.05, 4.69) is 6.92 Å². The molecule has 4 rings (SSSR count). The lowest BCUT2D eigenvalue weighted by atomic mass is 9.89. The third-order valence-corrected chi connectivity index (χ3v) is 5.34. The molecule has 0 bridgehead atoms. The second-order valence-electron chi connectivity index (χ2n) is 7.36. The highest BCUT2D eigenvalue weighted by atomic mass is 16.5. The van der Waals surface area contributed by atoms with Crippen LogP contribution in [0.1, 0.15) is 32.6 Å². The fourth-order valence-corrected chi connectivity index (χ4v) is 3.64. The van der Waals surface area contributed by atoms with Crippen LogP contribution in [0.15, 0.2) is 57.7 Å². The number of benzene rings is 2. The summed E-state index contributed by atoms with van der Waals surface area (Å²) in [5.41, 5.74) is 1.33. The fraction of sp³-hybridized carbons (Fsp3) is 0.348. The lowest BCUT2D eigenvalue weighted by Gasteiger charge is -2.26. The predicted octanol–water partition coefficient (Wildman–Crippen LogP) is 5.43. The van der Waals surface area contributed by atoms with Crippen molar-refractivity contribution in [1.82, 2.24) is 0 Å². The zero-order valence-electron chi connectivity index (χ0n) is 15.7. The summed E-state index contributed by atoms with van der Waals surface area (Å²) in [6.07, 6.45) is 5.00. The van der Waals surface area contributed by atoms with E-state index in [0.29, 0.717) is 28.6 Å². The quantitative estimate of drug-likeness (QED) is 0.620. The normalized spacial score (nSPS) is 19.8. The molecule has 0 saturated heterocycles. The second-order valence-corrected chi connectivity index (χ2v) is 7.36. The molecule has 0 atom stereocenters. The van der Waals surface area contributed by atoms with Crippen molar-refractivity contribution in [3.8, 4) is 22.8 Å². The van der Waals surface area contributed by atoms with Crippen LogP contribution in [0.5, 0.6) is 11.5 Å². The minimum Gasteiger partial charge on any atom is -0.497 e. The van der Waals surface area contributed by atoms with Crippen molar-refractivity contribution in [3.05, 3.63) is 58.8 Å². The molecule has 0 N–H and O–H groups in total. The Morgan fingerprint density at radius 2 is 1.63 bits per heavy atom. The van der Waals surface area contributed by atoms with E-state index < -0.39 is 0 Å². The van der Waals surface area contributed by atoms with E-state index in [4.69, 9.17) is 13.9 Å². The Labute approximate surface area is 158 Å². The van der Waals surface area contributed by atoms with Crippen LogP contribution >= 0.6 is 0 Å². The van der Waals surface area contributed by atoms with Gasteiger partial charge in [-0.15, -0.1) is 0 Å². The summed E-state index contributed by atoms with van der Waals surface area (Å²) in [6, 6.07) is 14.6. The third-order valence-electron chi connectivity index (χ3n) is 5.34. The maximum absolute atomic E-state index is 12.5. The van der Waals surface area contributed by atoms with Crippen molar-refractivity contribution in [2.45, 2.75) is 38.7 Å². The summed E-state index contributed by atoms with van der Waals surface area (Å²) < 4.78 is 17.2. The molecule has 1 aliphatic carbocycles. The summed E-state index contributed by atoms with van der Waals surface area (Å²) in [5.74, 6) is 2.87. The monoisotopic (exact) mass is 364 g/mol. The molecule has 1 saturated carbocycles. The largest absolute Gasteiger partial charge is 0.497 e. The van der Waals surface area contributed by atoms with Gasteiger partial charge in [-0.2, -0.15) is 0 Å². The summed E-state index contributed by atoms with van der Waals surface area (Å²) in [4.78, 5) is 12.5. The van der Waals surface area contributed by atoms with Gasteiger partial charge in [-0.25, -0.2) is 0 Å². The van der Waals surface area contributed by atoms with Crippen molar-refractivity contribution >= 4 is 11.0 Å². The molecule has 0 radical (unpaired) electrons. The molecule has 4 nitrogen and oxygen atoms in total. The number of ether oxygens (including phenoxy) is 2. The minimum atomic E-state index is -0.0817. The minimum absolute atomic E-state index is 0.0817. The predicted molar refractivity (Wildman–Crippen MR) is 107 cm³/mol. The van der Waals surface area contributed by atoms with Gasteiger partial charge in [-0.3, -0.25) is 4.79 Å². The lowest BCUT2D eigenvalue weighted by Crippen LogP contribution is -2.22. The molecular weight excluding hydrogens is 340 g/mol. The Hall–Kier alpha value is -2.75. The molecule has 1 fully saturated rings. The molecular formula is C23H24O4. The van der Waals surface area contributed by atoms with Crippen molar-refractivity contribution in [2.24, 2.45) is 5.92 Å². The van der Waals surface area contributed by atoms with Crippen LogP contribution in [0.3, 0.4) is 0 Å². The smallest absolute Gasteiger partial charge is 0.193 e. The van der Waals surface area contributed by atoms with Gasteiger partial charge >= 0.3 is 0 Å². The summed E-state index contributed by atoms with van der Waals surface area (Å²) in [5, 5.41) is 0.518. The molecule has 0 amide bonds. The first-order chi connectivity index (χ1) is 13.1. The topological polar surface area (TPSA) is 48.7 Å². The Balaban J connectivity index is 1.55. The van der Waals surface area contributed by atoms with Gasteiger partial charge in [0.2, 0.25) is 0 Å². The van der Waals surface area contributed by atoms with Gasteiger partial charge in [0.1, 0.15) is 22.8 Å². The summed E-state index contributed by atoms with van der Waals surface area (Å²) in [7, 11) is 1.58. The molecule has 0 unspecified atom stereocenters. The Bertz CT molecular complexity index is 979. The number of hydrogen-bond acceptors (Lipinski definition) is 4. The molecule has 27 heavy (non-hydrogen) atoms. The number of fused-ring (bicyclic) bond motifs is 1. The molecule has 4 heteroatoms. The Kier molecular flexibility index (Phi) is 4.88. The number of rotatable bonds is 4. The van der Waals surface area contributed by atoms with Gasteiger partial charge < -0.3 is 13.9 Å². The average molecular weight is 364 g/mol. The van der Waals surface area contributed by atoms with E-state index in [-0.39, 0.29) is 5.43 Å². The highest BCUT2D eigenvalue weighted by molar-refractivity contribution is 5.80. The van der Waals surface area contributed by atoms with E-state index >= 15 is 0 Å². The Morgan fingerprint density at radius 3 is 2.33 bits per heavy atom. The lowest BCUT2D eigenvalue weighted by molar-refractivity contribution is 0.135. The summed E-state index contributed by atoms with van der Waals surface area (Å²) >= 11 is 0. The standard InChI is InChI=1S/C23H24O4/c1-15-3-7-17(8-4-15)26-18-9-5-16(6-10-18)23-14-21(24)20-13-19(25-2)11-12-22(20)27-23/h5-6,9-15,17H,3-4,7-8H2,1-2H3. The molecule has 1 heterocycles. The Morgan fingerprint density at radius 1 is 0.926 bits per heavy atom. The van der Waals surface area contributed by atoms with Crippen LogP contribution in [0.25, 0.3) is 22.3 Å². The van der Waals surface area contributed by atoms with Crippen LogP contribution < -0.4 is 14.9 Å². The maximum Gasteiger partial charge on any atom is 0.193 e. The zero-order chi connectivity index (χ0) is 18.8. The molecule has 2 aromatic carbocycles.